The van der Waals surface area contributed by atoms with Crippen molar-refractivity contribution >= 4 is 0 Å². The van der Waals surface area contributed by atoms with Crippen LogP contribution in [0.4, 0.5) is 0 Å². The smallest absolute Gasteiger partial charge is 0.0319 e. The summed E-state index contributed by atoms with van der Waals surface area (Å²) < 4.78 is 0. The second-order valence-electron chi connectivity index (χ2n) is 0.816. The standard InChI is InChI=1S/2C3H6.2CH4O/c2*1-3-2;2*1-2/h2*3H,1H2,2H3;2*2H,1H3. The molecule has 0 atom stereocenters. The Bertz CT molecular complexity index is 28.2. The monoisotopic (exact) mass is 148 g/mol. The Morgan fingerprint density at radius 3 is 0.800 bits per heavy atom. The molecule has 0 aromatic rings. The molecule has 0 aromatic carbocycles. The van der Waals surface area contributed by atoms with Crippen LogP contribution in [0.3, 0.4) is 0 Å². The number of allylic oxidation sites excluding steroid dienone is 2. The molecule has 10 heavy (non-hydrogen) atoms. The summed E-state index contributed by atoms with van der Waals surface area (Å²) in [6.07, 6.45) is 3.50. The third kappa shape index (κ3) is 842. The fourth-order valence-electron chi connectivity index (χ4n) is 0. The van der Waals surface area contributed by atoms with Gasteiger partial charge in [-0.2, -0.15) is 0 Å². The number of aliphatic hydroxyl groups excluding tert-OH is 2. The van der Waals surface area contributed by atoms with Gasteiger partial charge in [-0.15, -0.1) is 13.2 Å². The first kappa shape index (κ1) is 22.7. The van der Waals surface area contributed by atoms with Crippen molar-refractivity contribution in [3.05, 3.63) is 25.3 Å². The van der Waals surface area contributed by atoms with Gasteiger partial charge in [0.05, 0.1) is 0 Å². The maximum atomic E-state index is 7.00. The second kappa shape index (κ2) is 235. The molecule has 0 saturated heterocycles. The highest BCUT2D eigenvalue weighted by Gasteiger charge is 1.15. The highest BCUT2D eigenvalue weighted by atomic mass is 16.2. The van der Waals surface area contributed by atoms with E-state index < -0.39 is 0 Å². The lowest BCUT2D eigenvalue weighted by Crippen LogP contribution is -1.25. The first-order valence-corrected chi connectivity index (χ1v) is 2.87. The lowest BCUT2D eigenvalue weighted by Gasteiger charge is -1.31. The molecule has 0 rings (SSSR count). The maximum absolute atomic E-state index is 7.00. The molecule has 0 spiro atoms. The van der Waals surface area contributed by atoms with Gasteiger partial charge in [0.25, 0.3) is 0 Å². The topological polar surface area (TPSA) is 40.5 Å². The third-order valence-electron chi connectivity index (χ3n) is 0. The van der Waals surface area contributed by atoms with Crippen molar-refractivity contribution in [2.75, 3.05) is 14.2 Å². The Morgan fingerprint density at radius 2 is 0.800 bits per heavy atom. The van der Waals surface area contributed by atoms with Gasteiger partial charge in [0.15, 0.2) is 0 Å². The van der Waals surface area contributed by atoms with Gasteiger partial charge >= 0.3 is 0 Å². The van der Waals surface area contributed by atoms with Crippen LogP contribution in [0.1, 0.15) is 13.8 Å². The molecule has 2 heteroatoms. The van der Waals surface area contributed by atoms with E-state index in [0.29, 0.717) is 0 Å². The summed E-state index contributed by atoms with van der Waals surface area (Å²) in [7, 11) is 2.00. The SMILES string of the molecule is C=CC.C=CC.CO.CO. The van der Waals surface area contributed by atoms with Crippen molar-refractivity contribution in [2.24, 2.45) is 0 Å². The van der Waals surface area contributed by atoms with Gasteiger partial charge in [-0.1, -0.05) is 12.2 Å². The van der Waals surface area contributed by atoms with Crippen molar-refractivity contribution in [1.82, 2.24) is 0 Å². The van der Waals surface area contributed by atoms with Crippen molar-refractivity contribution < 1.29 is 10.2 Å². The van der Waals surface area contributed by atoms with E-state index in [9.17, 15) is 0 Å². The quantitative estimate of drug-likeness (QED) is 0.512. The Balaban J connectivity index is -0.0000000246. The van der Waals surface area contributed by atoms with Crippen LogP contribution in [-0.4, -0.2) is 24.4 Å². The Hall–Kier alpha value is -0.600. The molecule has 0 heterocycles. The van der Waals surface area contributed by atoms with Crippen LogP contribution in [0.5, 0.6) is 0 Å². The zero-order valence-electron chi connectivity index (χ0n) is 7.46. The van der Waals surface area contributed by atoms with Gasteiger partial charge in [0.2, 0.25) is 0 Å². The van der Waals surface area contributed by atoms with E-state index in [2.05, 4.69) is 13.2 Å². The fraction of sp³-hybridized carbons (Fsp3) is 0.500. The summed E-state index contributed by atoms with van der Waals surface area (Å²) in [6.45, 7) is 10.5. The zero-order chi connectivity index (χ0) is 9.41. The van der Waals surface area contributed by atoms with E-state index in [1.165, 1.54) is 0 Å². The Kier molecular flexibility index (Phi) is 534. The van der Waals surface area contributed by atoms with Crippen LogP contribution in [0, 0.1) is 0 Å². The summed E-state index contributed by atoms with van der Waals surface area (Å²) in [5.41, 5.74) is 0. The first-order chi connectivity index (χ1) is 4.83. The number of aliphatic hydroxyl groups is 2. The molecule has 0 aromatic heterocycles. The minimum Gasteiger partial charge on any atom is -0.400 e. The lowest BCUT2D eigenvalue weighted by atomic mass is 10.8. The number of rotatable bonds is 0. The van der Waals surface area contributed by atoms with Gasteiger partial charge in [-0.25, -0.2) is 0 Å². The predicted octanol–water partition coefficient (Wildman–Crippen LogP) is 1.60. The van der Waals surface area contributed by atoms with Crippen molar-refractivity contribution in [3.63, 3.8) is 0 Å². The molecule has 0 aliphatic carbocycles. The zero-order valence-corrected chi connectivity index (χ0v) is 7.46. The predicted molar refractivity (Wildman–Crippen MR) is 48.0 cm³/mol. The average Bonchev–Trinajstić information content (AvgIpc) is 1.99. The van der Waals surface area contributed by atoms with E-state index in [0.717, 1.165) is 14.2 Å². The molecule has 0 bridgehead atoms. The molecule has 0 fully saturated rings. The highest BCUT2D eigenvalue weighted by molar-refractivity contribution is 4.51. The molecule has 0 amide bonds. The Labute approximate surface area is 64.5 Å². The van der Waals surface area contributed by atoms with E-state index in [-0.39, 0.29) is 0 Å². The molecule has 64 valence electrons. The summed E-state index contributed by atoms with van der Waals surface area (Å²) in [6, 6.07) is 0. The molecular weight excluding hydrogens is 128 g/mol. The minimum atomic E-state index is 1.00. The lowest BCUT2D eigenvalue weighted by molar-refractivity contribution is 0.399. The Morgan fingerprint density at radius 1 is 0.800 bits per heavy atom. The fourth-order valence-corrected chi connectivity index (χ4v) is 0. The summed E-state index contributed by atoms with van der Waals surface area (Å²) in [5, 5.41) is 14.0. The van der Waals surface area contributed by atoms with Gasteiger partial charge in [-0.05, 0) is 13.8 Å². The van der Waals surface area contributed by atoms with Gasteiger partial charge in [0, 0.05) is 14.2 Å². The summed E-state index contributed by atoms with van der Waals surface area (Å²) in [4.78, 5) is 0. The first-order valence-electron chi connectivity index (χ1n) is 2.87. The van der Waals surface area contributed by atoms with E-state index in [1.54, 1.807) is 12.2 Å². The van der Waals surface area contributed by atoms with Gasteiger partial charge < -0.3 is 10.2 Å². The molecule has 0 radical (unpaired) electrons. The molecule has 0 saturated carbocycles. The van der Waals surface area contributed by atoms with E-state index in [1.807, 2.05) is 13.8 Å². The molecular formula is C8H20O2. The minimum absolute atomic E-state index is 1.00. The van der Waals surface area contributed by atoms with Gasteiger partial charge in [-0.3, -0.25) is 0 Å². The van der Waals surface area contributed by atoms with E-state index >= 15 is 0 Å². The van der Waals surface area contributed by atoms with Gasteiger partial charge in [0.1, 0.15) is 0 Å². The second-order valence-corrected chi connectivity index (χ2v) is 0.816. The van der Waals surface area contributed by atoms with Crippen LogP contribution in [-0.2, 0) is 0 Å². The van der Waals surface area contributed by atoms with Crippen LogP contribution >= 0.6 is 0 Å². The average molecular weight is 148 g/mol. The van der Waals surface area contributed by atoms with Crippen LogP contribution < -0.4 is 0 Å². The molecule has 0 unspecified atom stereocenters. The summed E-state index contributed by atoms with van der Waals surface area (Å²) in [5.74, 6) is 0. The molecule has 0 aliphatic heterocycles. The van der Waals surface area contributed by atoms with Crippen LogP contribution in [0.25, 0.3) is 0 Å². The van der Waals surface area contributed by atoms with Crippen molar-refractivity contribution in [1.29, 1.82) is 0 Å². The maximum Gasteiger partial charge on any atom is 0.0319 e. The molecule has 0 aliphatic rings. The molecule has 2 N–H and O–H groups in total. The van der Waals surface area contributed by atoms with Crippen LogP contribution in [0.2, 0.25) is 0 Å². The van der Waals surface area contributed by atoms with E-state index in [4.69, 9.17) is 10.2 Å². The highest BCUT2D eigenvalue weighted by Crippen LogP contribution is 1.38. The van der Waals surface area contributed by atoms with Crippen LogP contribution in [0.15, 0.2) is 25.3 Å². The van der Waals surface area contributed by atoms with Crippen molar-refractivity contribution in [2.45, 2.75) is 13.8 Å². The largest absolute Gasteiger partial charge is 0.400 e. The summed E-state index contributed by atoms with van der Waals surface area (Å²) >= 11 is 0. The van der Waals surface area contributed by atoms with Crippen molar-refractivity contribution in [3.8, 4) is 0 Å². The number of hydrogen-bond donors (Lipinski definition) is 2. The third-order valence-corrected chi connectivity index (χ3v) is 0. The number of hydrogen-bond acceptors (Lipinski definition) is 2. The normalized spacial score (nSPS) is 3.80. The molecule has 2 nitrogen and oxygen atoms in total.